The molecule has 2 atom stereocenters. The Bertz CT molecular complexity index is 918. The normalized spacial score (nSPS) is 23.9. The molecule has 7 heteroatoms. The van der Waals surface area contributed by atoms with Gasteiger partial charge in [0.15, 0.2) is 5.78 Å². The second-order valence-corrected chi connectivity index (χ2v) is 8.38. The number of hydrogen-bond donors (Lipinski definition) is 1. The van der Waals surface area contributed by atoms with Crippen molar-refractivity contribution in [2.75, 3.05) is 19.6 Å². The van der Waals surface area contributed by atoms with Crippen LogP contribution in [0.4, 0.5) is 17.6 Å². The maximum absolute atomic E-state index is 13.0. The molecule has 1 N–H and O–H groups in total. The first kappa shape index (κ1) is 21.0. The Labute approximate surface area is 172 Å². The van der Waals surface area contributed by atoms with Gasteiger partial charge in [0, 0.05) is 31.1 Å². The number of halogens is 4. The van der Waals surface area contributed by atoms with Crippen LogP contribution in [0.5, 0.6) is 0 Å². The van der Waals surface area contributed by atoms with E-state index in [9.17, 15) is 27.5 Å². The number of benzene rings is 2. The van der Waals surface area contributed by atoms with Gasteiger partial charge in [0.05, 0.1) is 11.2 Å². The molecule has 1 saturated carbocycles. The zero-order chi connectivity index (χ0) is 21.5. The number of alkyl halides is 3. The summed E-state index contributed by atoms with van der Waals surface area (Å²) in [6.07, 6.45) is -2.97. The van der Waals surface area contributed by atoms with Gasteiger partial charge in [0.2, 0.25) is 0 Å². The number of nitrogens with zero attached hydrogens (tertiary/aromatic N) is 1. The number of hydrogen-bond acceptors (Lipinski definition) is 3. The third kappa shape index (κ3) is 4.42. The van der Waals surface area contributed by atoms with Crippen molar-refractivity contribution < 1.29 is 27.5 Å². The molecular formula is C23H23F4NO2. The SMILES string of the molecule is O=C(c1ccc(F)cc1)C1CC1CN1CCC(O)(c2cccc(C(F)(F)F)c2)CC1. The van der Waals surface area contributed by atoms with Gasteiger partial charge >= 0.3 is 6.18 Å². The van der Waals surface area contributed by atoms with Crippen molar-refractivity contribution in [2.45, 2.75) is 31.0 Å². The maximum Gasteiger partial charge on any atom is 0.416 e. The summed E-state index contributed by atoms with van der Waals surface area (Å²) >= 11 is 0. The molecule has 2 aromatic carbocycles. The van der Waals surface area contributed by atoms with E-state index >= 15 is 0 Å². The molecule has 2 unspecified atom stereocenters. The average Bonchev–Trinajstić information content (AvgIpc) is 3.48. The fraction of sp³-hybridized carbons (Fsp3) is 0.435. The van der Waals surface area contributed by atoms with E-state index in [1.54, 1.807) is 6.07 Å². The number of piperidine rings is 1. The van der Waals surface area contributed by atoms with Crippen molar-refractivity contribution in [3.05, 3.63) is 71.0 Å². The zero-order valence-electron chi connectivity index (χ0n) is 16.3. The monoisotopic (exact) mass is 421 g/mol. The second-order valence-electron chi connectivity index (χ2n) is 8.38. The molecule has 160 valence electrons. The molecule has 1 aliphatic carbocycles. The molecule has 1 heterocycles. The van der Waals surface area contributed by atoms with Crippen molar-refractivity contribution in [2.24, 2.45) is 11.8 Å². The van der Waals surface area contributed by atoms with E-state index in [1.807, 2.05) is 0 Å². The van der Waals surface area contributed by atoms with Crippen molar-refractivity contribution in [3.8, 4) is 0 Å². The van der Waals surface area contributed by atoms with E-state index in [2.05, 4.69) is 4.90 Å². The summed E-state index contributed by atoms with van der Waals surface area (Å²) in [6, 6.07) is 10.5. The molecular weight excluding hydrogens is 398 g/mol. The first-order valence-corrected chi connectivity index (χ1v) is 10.1. The fourth-order valence-electron chi connectivity index (χ4n) is 4.31. The standard InChI is InChI=1S/C23H23F4NO2/c24-19-6-4-15(5-7-19)21(29)20-12-16(20)14-28-10-8-22(30,9-11-28)17-2-1-3-18(13-17)23(25,26)27/h1-7,13,16,20,30H,8-12,14H2. The average molecular weight is 421 g/mol. The van der Waals surface area contributed by atoms with Crippen molar-refractivity contribution in [1.29, 1.82) is 0 Å². The van der Waals surface area contributed by atoms with Crippen LogP contribution < -0.4 is 0 Å². The van der Waals surface area contributed by atoms with Gasteiger partial charge < -0.3 is 10.0 Å². The maximum atomic E-state index is 13.0. The Morgan fingerprint density at radius 1 is 1.10 bits per heavy atom. The highest BCUT2D eigenvalue weighted by atomic mass is 19.4. The Hall–Kier alpha value is -2.25. The van der Waals surface area contributed by atoms with E-state index in [1.165, 1.54) is 30.3 Å². The lowest BCUT2D eigenvalue weighted by molar-refractivity contribution is -0.137. The minimum atomic E-state index is -4.44. The highest BCUT2D eigenvalue weighted by Crippen LogP contribution is 2.43. The molecule has 1 saturated heterocycles. The molecule has 4 rings (SSSR count). The Morgan fingerprint density at radius 3 is 2.40 bits per heavy atom. The first-order chi connectivity index (χ1) is 14.2. The summed E-state index contributed by atoms with van der Waals surface area (Å²) in [5.74, 6) is -0.194. The lowest BCUT2D eigenvalue weighted by Crippen LogP contribution is -2.43. The third-order valence-electron chi connectivity index (χ3n) is 6.29. The van der Waals surface area contributed by atoms with Gasteiger partial charge in [-0.15, -0.1) is 0 Å². The smallest absolute Gasteiger partial charge is 0.385 e. The van der Waals surface area contributed by atoms with Crippen LogP contribution in [0.25, 0.3) is 0 Å². The van der Waals surface area contributed by atoms with E-state index in [0.717, 1.165) is 25.1 Å². The predicted molar refractivity (Wildman–Crippen MR) is 103 cm³/mol. The van der Waals surface area contributed by atoms with Gasteiger partial charge in [0.25, 0.3) is 0 Å². The zero-order valence-corrected chi connectivity index (χ0v) is 16.3. The van der Waals surface area contributed by atoms with Crippen LogP contribution in [0.1, 0.15) is 40.7 Å². The molecule has 1 aliphatic heterocycles. The van der Waals surface area contributed by atoms with Crippen molar-refractivity contribution >= 4 is 5.78 Å². The third-order valence-corrected chi connectivity index (χ3v) is 6.29. The molecule has 2 aliphatic rings. The molecule has 2 aromatic rings. The molecule has 30 heavy (non-hydrogen) atoms. The summed E-state index contributed by atoms with van der Waals surface area (Å²) in [5, 5.41) is 10.9. The number of aliphatic hydroxyl groups is 1. The van der Waals surface area contributed by atoms with Crippen molar-refractivity contribution in [3.63, 3.8) is 0 Å². The number of likely N-dealkylation sites (tertiary alicyclic amines) is 1. The summed E-state index contributed by atoms with van der Waals surface area (Å²) in [6.45, 7) is 1.83. The van der Waals surface area contributed by atoms with Gasteiger partial charge in [-0.3, -0.25) is 4.79 Å². The van der Waals surface area contributed by atoms with E-state index in [-0.39, 0.29) is 23.4 Å². The van der Waals surface area contributed by atoms with Gasteiger partial charge in [-0.25, -0.2) is 4.39 Å². The van der Waals surface area contributed by atoms with Gasteiger partial charge in [0.1, 0.15) is 5.82 Å². The van der Waals surface area contributed by atoms with Crippen LogP contribution >= 0.6 is 0 Å². The molecule has 0 spiro atoms. The topological polar surface area (TPSA) is 40.5 Å². The van der Waals surface area contributed by atoms with E-state index in [0.29, 0.717) is 37.1 Å². The summed E-state index contributed by atoms with van der Waals surface area (Å²) in [4.78, 5) is 14.7. The Kier molecular flexibility index (Phi) is 5.45. The van der Waals surface area contributed by atoms with Gasteiger partial charge in [-0.05, 0) is 67.1 Å². The van der Waals surface area contributed by atoms with Gasteiger partial charge in [-0.2, -0.15) is 13.2 Å². The fourth-order valence-corrected chi connectivity index (χ4v) is 4.31. The van der Waals surface area contributed by atoms with Crippen LogP contribution in [0, 0.1) is 17.7 Å². The number of carbonyl (C=O) groups is 1. The predicted octanol–water partition coefficient (Wildman–Crippen LogP) is 4.65. The van der Waals surface area contributed by atoms with Crippen LogP contribution in [-0.4, -0.2) is 35.4 Å². The summed E-state index contributed by atoms with van der Waals surface area (Å²) in [7, 11) is 0. The molecule has 0 bridgehead atoms. The quantitative estimate of drug-likeness (QED) is 0.565. The van der Waals surface area contributed by atoms with Crippen molar-refractivity contribution in [1.82, 2.24) is 4.90 Å². The van der Waals surface area contributed by atoms with Gasteiger partial charge in [-0.1, -0.05) is 12.1 Å². The van der Waals surface area contributed by atoms with Crippen LogP contribution in [0.2, 0.25) is 0 Å². The molecule has 0 aromatic heterocycles. The minimum Gasteiger partial charge on any atom is -0.385 e. The second kappa shape index (κ2) is 7.78. The van der Waals surface area contributed by atoms with Crippen LogP contribution in [-0.2, 0) is 11.8 Å². The number of Topliss-reactive ketones (excluding diaryl/α,β-unsaturated/α-hetero) is 1. The van der Waals surface area contributed by atoms with E-state index < -0.39 is 17.3 Å². The Morgan fingerprint density at radius 2 is 1.77 bits per heavy atom. The Balaban J connectivity index is 1.32. The lowest BCUT2D eigenvalue weighted by atomic mass is 9.83. The molecule has 0 radical (unpaired) electrons. The summed E-state index contributed by atoms with van der Waals surface area (Å²) in [5.41, 5.74) is -1.21. The minimum absolute atomic E-state index is 0.0254. The van der Waals surface area contributed by atoms with Crippen LogP contribution in [0.3, 0.4) is 0 Å². The first-order valence-electron chi connectivity index (χ1n) is 10.1. The highest BCUT2D eigenvalue weighted by molar-refractivity contribution is 5.99. The highest BCUT2D eigenvalue weighted by Gasteiger charge is 2.45. The van der Waals surface area contributed by atoms with E-state index in [4.69, 9.17) is 0 Å². The number of rotatable bonds is 5. The largest absolute Gasteiger partial charge is 0.416 e. The molecule has 3 nitrogen and oxygen atoms in total. The van der Waals surface area contributed by atoms with Crippen LogP contribution in [0.15, 0.2) is 48.5 Å². The molecule has 2 fully saturated rings. The molecule has 0 amide bonds. The number of carbonyl (C=O) groups excluding carboxylic acids is 1. The lowest BCUT2D eigenvalue weighted by Gasteiger charge is -2.39. The summed E-state index contributed by atoms with van der Waals surface area (Å²) < 4.78 is 52.0. The number of ketones is 1.